The lowest BCUT2D eigenvalue weighted by atomic mass is 10.0. The highest BCUT2D eigenvalue weighted by Crippen LogP contribution is 2.32. The molecule has 0 aliphatic carbocycles. The van der Waals surface area contributed by atoms with E-state index in [0.717, 1.165) is 24.0 Å². The summed E-state index contributed by atoms with van der Waals surface area (Å²) in [6.07, 6.45) is 1.58. The standard InChI is InChI=1S/C27H23NO6S/c1-18-8-13-23-21(16-26(29)34-25(23)15-18)17-33-27(30)20-9-11-22(12-10-20)35(31,32)28-14-4-6-19-5-2-3-7-24(19)28/h2-3,5,7-13,15-16H,4,6,14,17H2,1H3. The van der Waals surface area contributed by atoms with Crippen LogP contribution in [0.3, 0.4) is 0 Å². The van der Waals surface area contributed by atoms with Crippen LogP contribution in [0.4, 0.5) is 5.69 Å². The zero-order valence-corrected chi connectivity index (χ0v) is 19.9. The van der Waals surface area contributed by atoms with E-state index in [1.165, 1.54) is 34.6 Å². The number of aryl methyl sites for hydroxylation is 2. The number of hydrogen-bond donors (Lipinski definition) is 0. The first-order valence-electron chi connectivity index (χ1n) is 11.2. The fourth-order valence-electron chi connectivity index (χ4n) is 4.32. The number of para-hydroxylation sites is 1. The van der Waals surface area contributed by atoms with Crippen molar-refractivity contribution in [2.45, 2.75) is 31.3 Å². The Labute approximate surface area is 202 Å². The van der Waals surface area contributed by atoms with Crippen molar-refractivity contribution < 1.29 is 22.4 Å². The van der Waals surface area contributed by atoms with Gasteiger partial charge in [-0.15, -0.1) is 0 Å². The molecule has 0 radical (unpaired) electrons. The van der Waals surface area contributed by atoms with Gasteiger partial charge < -0.3 is 9.15 Å². The number of rotatable bonds is 5. The molecule has 0 amide bonds. The molecule has 3 aromatic carbocycles. The van der Waals surface area contributed by atoms with Gasteiger partial charge in [0.15, 0.2) is 0 Å². The highest BCUT2D eigenvalue weighted by atomic mass is 32.2. The molecule has 1 aliphatic heterocycles. The monoisotopic (exact) mass is 489 g/mol. The molecule has 1 aromatic heterocycles. The Bertz CT molecular complexity index is 1590. The molecule has 1 aliphatic rings. The maximum absolute atomic E-state index is 13.3. The zero-order chi connectivity index (χ0) is 24.6. The second-order valence-corrected chi connectivity index (χ2v) is 10.4. The summed E-state index contributed by atoms with van der Waals surface area (Å²) in [6.45, 7) is 2.18. The van der Waals surface area contributed by atoms with Crippen LogP contribution in [-0.2, 0) is 27.8 Å². The topological polar surface area (TPSA) is 93.9 Å². The Balaban J connectivity index is 1.34. The summed E-state index contributed by atoms with van der Waals surface area (Å²) in [5.74, 6) is -0.620. The van der Waals surface area contributed by atoms with E-state index >= 15 is 0 Å². The average Bonchev–Trinajstić information content (AvgIpc) is 2.86. The van der Waals surface area contributed by atoms with Crippen LogP contribution >= 0.6 is 0 Å². The van der Waals surface area contributed by atoms with Gasteiger partial charge in [0.05, 0.1) is 16.1 Å². The van der Waals surface area contributed by atoms with Gasteiger partial charge in [-0.25, -0.2) is 18.0 Å². The van der Waals surface area contributed by atoms with Gasteiger partial charge >= 0.3 is 11.6 Å². The van der Waals surface area contributed by atoms with Crippen LogP contribution in [-0.4, -0.2) is 20.9 Å². The van der Waals surface area contributed by atoms with Gasteiger partial charge in [0.1, 0.15) is 12.2 Å². The molecule has 0 spiro atoms. The van der Waals surface area contributed by atoms with E-state index in [4.69, 9.17) is 9.15 Å². The van der Waals surface area contributed by atoms with Crippen molar-refractivity contribution in [3.63, 3.8) is 0 Å². The smallest absolute Gasteiger partial charge is 0.338 e. The molecule has 178 valence electrons. The number of nitrogens with zero attached hydrogens (tertiary/aromatic N) is 1. The highest BCUT2D eigenvalue weighted by Gasteiger charge is 2.29. The lowest BCUT2D eigenvalue weighted by Gasteiger charge is -2.30. The molecule has 0 atom stereocenters. The number of hydrogen-bond acceptors (Lipinski definition) is 6. The van der Waals surface area contributed by atoms with Crippen molar-refractivity contribution in [2.24, 2.45) is 0 Å². The zero-order valence-electron chi connectivity index (χ0n) is 19.1. The molecule has 0 bridgehead atoms. The van der Waals surface area contributed by atoms with Gasteiger partial charge in [0.2, 0.25) is 0 Å². The number of carbonyl (C=O) groups is 1. The van der Waals surface area contributed by atoms with Crippen molar-refractivity contribution in [1.29, 1.82) is 0 Å². The molecule has 8 heteroatoms. The van der Waals surface area contributed by atoms with Gasteiger partial charge in [-0.1, -0.05) is 30.3 Å². The minimum Gasteiger partial charge on any atom is -0.457 e. The summed E-state index contributed by atoms with van der Waals surface area (Å²) in [5.41, 5.74) is 3.29. The fraction of sp³-hybridized carbons (Fsp3) is 0.185. The maximum atomic E-state index is 13.3. The number of ether oxygens (including phenoxy) is 1. The molecule has 5 rings (SSSR count). The van der Waals surface area contributed by atoms with E-state index in [9.17, 15) is 18.0 Å². The van der Waals surface area contributed by atoms with Crippen LogP contribution in [0.1, 0.15) is 33.5 Å². The lowest BCUT2D eigenvalue weighted by Crippen LogP contribution is -2.35. The van der Waals surface area contributed by atoms with Crippen LogP contribution in [0.2, 0.25) is 0 Å². The van der Waals surface area contributed by atoms with Crippen LogP contribution in [0.5, 0.6) is 0 Å². The Hall–Kier alpha value is -3.91. The minimum atomic E-state index is -3.77. The second-order valence-electron chi connectivity index (χ2n) is 8.50. The van der Waals surface area contributed by atoms with E-state index in [1.807, 2.05) is 43.3 Å². The molecular weight excluding hydrogens is 466 g/mol. The molecule has 0 unspecified atom stereocenters. The van der Waals surface area contributed by atoms with Gasteiger partial charge in [-0.2, -0.15) is 0 Å². The molecular formula is C27H23NO6S. The van der Waals surface area contributed by atoms with Gasteiger partial charge in [0.25, 0.3) is 10.0 Å². The number of carbonyl (C=O) groups excluding carboxylic acids is 1. The summed E-state index contributed by atoms with van der Waals surface area (Å²) >= 11 is 0. The Kier molecular flexibility index (Phi) is 5.90. The van der Waals surface area contributed by atoms with Gasteiger partial charge in [0, 0.05) is 23.6 Å². The van der Waals surface area contributed by atoms with Gasteiger partial charge in [-0.3, -0.25) is 4.31 Å². The van der Waals surface area contributed by atoms with Crippen LogP contribution in [0.15, 0.2) is 86.9 Å². The first kappa shape index (κ1) is 22.9. The second kappa shape index (κ2) is 9.03. The third-order valence-electron chi connectivity index (χ3n) is 6.09. The fourth-order valence-corrected chi connectivity index (χ4v) is 5.86. The lowest BCUT2D eigenvalue weighted by molar-refractivity contribution is 0.0473. The Morgan fingerprint density at radius 2 is 1.80 bits per heavy atom. The highest BCUT2D eigenvalue weighted by molar-refractivity contribution is 7.92. The largest absolute Gasteiger partial charge is 0.457 e. The average molecular weight is 490 g/mol. The molecule has 0 N–H and O–H groups in total. The normalized spacial score (nSPS) is 13.5. The summed E-state index contributed by atoms with van der Waals surface area (Å²) in [6, 6.07) is 19.9. The van der Waals surface area contributed by atoms with Crippen LogP contribution in [0.25, 0.3) is 11.0 Å². The van der Waals surface area contributed by atoms with Crippen LogP contribution in [0, 0.1) is 6.92 Å². The first-order valence-corrected chi connectivity index (χ1v) is 12.7. The third-order valence-corrected chi connectivity index (χ3v) is 7.92. The summed E-state index contributed by atoms with van der Waals surface area (Å²) in [7, 11) is -3.77. The molecule has 0 saturated heterocycles. The maximum Gasteiger partial charge on any atom is 0.338 e. The summed E-state index contributed by atoms with van der Waals surface area (Å²) in [5, 5.41) is 0.686. The van der Waals surface area contributed by atoms with Crippen LogP contribution < -0.4 is 9.93 Å². The van der Waals surface area contributed by atoms with E-state index < -0.39 is 21.6 Å². The molecule has 0 saturated carbocycles. The number of benzene rings is 3. The van der Waals surface area contributed by atoms with Crippen molar-refractivity contribution in [3.05, 3.63) is 105 Å². The number of anilines is 1. The quantitative estimate of drug-likeness (QED) is 0.300. The number of esters is 1. The number of fused-ring (bicyclic) bond motifs is 2. The van der Waals surface area contributed by atoms with E-state index in [-0.39, 0.29) is 17.1 Å². The molecule has 35 heavy (non-hydrogen) atoms. The van der Waals surface area contributed by atoms with E-state index in [2.05, 4.69) is 0 Å². The van der Waals surface area contributed by atoms with Crippen molar-refractivity contribution in [2.75, 3.05) is 10.8 Å². The minimum absolute atomic E-state index is 0.104. The van der Waals surface area contributed by atoms with E-state index in [0.29, 0.717) is 28.8 Å². The number of sulfonamides is 1. The predicted octanol–water partition coefficient (Wildman–Crippen LogP) is 4.60. The predicted molar refractivity (Wildman–Crippen MR) is 132 cm³/mol. The van der Waals surface area contributed by atoms with E-state index in [1.54, 1.807) is 6.07 Å². The van der Waals surface area contributed by atoms with Gasteiger partial charge in [-0.05, 0) is 67.3 Å². The molecule has 7 nitrogen and oxygen atoms in total. The Morgan fingerprint density at radius 1 is 1.03 bits per heavy atom. The summed E-state index contributed by atoms with van der Waals surface area (Å²) < 4.78 is 38.7. The first-order chi connectivity index (χ1) is 16.8. The molecule has 4 aromatic rings. The molecule has 2 heterocycles. The third kappa shape index (κ3) is 4.44. The summed E-state index contributed by atoms with van der Waals surface area (Å²) in [4.78, 5) is 24.6. The Morgan fingerprint density at radius 3 is 2.60 bits per heavy atom. The van der Waals surface area contributed by atoms with Crippen molar-refractivity contribution in [3.8, 4) is 0 Å². The molecule has 0 fully saturated rings. The van der Waals surface area contributed by atoms with Crippen molar-refractivity contribution >= 4 is 32.6 Å². The van der Waals surface area contributed by atoms with Crippen molar-refractivity contribution in [1.82, 2.24) is 0 Å². The SMILES string of the molecule is Cc1ccc2c(COC(=O)c3ccc(S(=O)(=O)N4CCCc5ccccc54)cc3)cc(=O)oc2c1.